The molecule has 2 saturated heterocycles. The van der Waals surface area contributed by atoms with Gasteiger partial charge in [-0.3, -0.25) is 9.59 Å². The molecule has 2 aliphatic rings. The number of likely N-dealkylation sites (tertiary alicyclic amines) is 1. The van der Waals surface area contributed by atoms with Gasteiger partial charge in [-0.1, -0.05) is 29.8 Å². The maximum absolute atomic E-state index is 13.0. The Hall–Kier alpha value is -2.86. The van der Waals surface area contributed by atoms with Crippen LogP contribution in [0.15, 0.2) is 48.5 Å². The van der Waals surface area contributed by atoms with E-state index in [9.17, 15) is 9.59 Å². The molecule has 4 rings (SSSR count). The van der Waals surface area contributed by atoms with Crippen molar-refractivity contribution in [2.45, 2.75) is 19.4 Å². The van der Waals surface area contributed by atoms with Gasteiger partial charge in [-0.2, -0.15) is 0 Å². The maximum Gasteiger partial charge on any atom is 0.230 e. The number of anilines is 2. The van der Waals surface area contributed by atoms with Gasteiger partial charge < -0.3 is 19.9 Å². The van der Waals surface area contributed by atoms with Gasteiger partial charge in [0.15, 0.2) is 0 Å². The first-order valence-corrected chi connectivity index (χ1v) is 10.1. The van der Waals surface area contributed by atoms with Crippen LogP contribution >= 0.6 is 0 Å². The van der Waals surface area contributed by atoms with E-state index in [2.05, 4.69) is 10.2 Å². The first kappa shape index (κ1) is 19.5. The highest BCUT2D eigenvalue weighted by Gasteiger charge is 2.42. The van der Waals surface area contributed by atoms with Crippen LogP contribution in [0.3, 0.4) is 0 Å². The maximum atomic E-state index is 13.0. The Morgan fingerprint density at radius 1 is 1.03 bits per heavy atom. The summed E-state index contributed by atoms with van der Waals surface area (Å²) >= 11 is 0. The Morgan fingerprint density at radius 3 is 2.34 bits per heavy atom. The van der Waals surface area contributed by atoms with E-state index in [0.29, 0.717) is 0 Å². The van der Waals surface area contributed by atoms with E-state index >= 15 is 0 Å². The van der Waals surface area contributed by atoms with Crippen molar-refractivity contribution in [1.82, 2.24) is 4.90 Å². The molecule has 0 spiro atoms. The van der Waals surface area contributed by atoms with Crippen molar-refractivity contribution in [3.8, 4) is 0 Å². The molecule has 0 unspecified atom stereocenters. The summed E-state index contributed by atoms with van der Waals surface area (Å²) in [6.45, 7) is 5.25. The van der Waals surface area contributed by atoms with Crippen molar-refractivity contribution in [1.29, 1.82) is 0 Å². The third kappa shape index (κ3) is 4.12. The summed E-state index contributed by atoms with van der Waals surface area (Å²) in [6, 6.07) is 15.7. The standard InChI is InChI=1S/C23H27N3O3/c1-16-3-5-17(6-4-16)22-20(15-21(27)25(22)2)23(28)24-18-7-9-19(10-8-18)26-11-13-29-14-12-26/h3-10,20,22H,11-15H2,1-2H3,(H,24,28)/t20-,22+/m0/s1. The van der Waals surface area contributed by atoms with E-state index in [1.807, 2.05) is 55.5 Å². The van der Waals surface area contributed by atoms with Crippen LogP contribution in [0.1, 0.15) is 23.6 Å². The van der Waals surface area contributed by atoms with Gasteiger partial charge in [-0.25, -0.2) is 0 Å². The summed E-state index contributed by atoms with van der Waals surface area (Å²) in [5.41, 5.74) is 4.02. The van der Waals surface area contributed by atoms with E-state index in [0.717, 1.165) is 48.8 Å². The first-order chi connectivity index (χ1) is 14.0. The van der Waals surface area contributed by atoms with Crippen molar-refractivity contribution in [3.05, 3.63) is 59.7 Å². The van der Waals surface area contributed by atoms with Gasteiger partial charge >= 0.3 is 0 Å². The molecule has 29 heavy (non-hydrogen) atoms. The van der Waals surface area contributed by atoms with Crippen molar-refractivity contribution < 1.29 is 14.3 Å². The molecule has 1 N–H and O–H groups in total. The number of carbonyl (C=O) groups excluding carboxylic acids is 2. The number of ether oxygens (including phenoxy) is 1. The molecule has 0 radical (unpaired) electrons. The summed E-state index contributed by atoms with van der Waals surface area (Å²) in [7, 11) is 1.78. The molecule has 6 nitrogen and oxygen atoms in total. The van der Waals surface area contributed by atoms with Crippen molar-refractivity contribution in [3.63, 3.8) is 0 Å². The quantitative estimate of drug-likeness (QED) is 0.868. The molecule has 0 aliphatic carbocycles. The number of nitrogens with one attached hydrogen (secondary N) is 1. The van der Waals surface area contributed by atoms with Crippen molar-refractivity contribution >= 4 is 23.2 Å². The van der Waals surface area contributed by atoms with E-state index < -0.39 is 5.92 Å². The van der Waals surface area contributed by atoms with Gasteiger partial charge in [-0.05, 0) is 36.8 Å². The Kier molecular flexibility index (Phi) is 5.53. The lowest BCUT2D eigenvalue weighted by Crippen LogP contribution is -2.36. The second-order valence-electron chi connectivity index (χ2n) is 7.81. The Bertz CT molecular complexity index is 873. The molecular formula is C23H27N3O3. The monoisotopic (exact) mass is 393 g/mol. The first-order valence-electron chi connectivity index (χ1n) is 10.1. The van der Waals surface area contributed by atoms with Gasteiger partial charge in [0.05, 0.1) is 25.2 Å². The van der Waals surface area contributed by atoms with Crippen LogP contribution in [-0.2, 0) is 14.3 Å². The number of hydrogen-bond acceptors (Lipinski definition) is 4. The van der Waals surface area contributed by atoms with Gasteiger partial charge in [-0.15, -0.1) is 0 Å². The summed E-state index contributed by atoms with van der Waals surface area (Å²) < 4.78 is 5.39. The fourth-order valence-corrected chi connectivity index (χ4v) is 4.14. The summed E-state index contributed by atoms with van der Waals surface area (Å²) in [6.07, 6.45) is 0.229. The highest BCUT2D eigenvalue weighted by atomic mass is 16.5. The third-order valence-corrected chi connectivity index (χ3v) is 5.85. The lowest BCUT2D eigenvalue weighted by atomic mass is 9.92. The van der Waals surface area contributed by atoms with Crippen LogP contribution < -0.4 is 10.2 Å². The molecule has 6 heteroatoms. The highest BCUT2D eigenvalue weighted by Crippen LogP contribution is 2.37. The molecule has 2 aliphatic heterocycles. The molecule has 0 bridgehead atoms. The number of morpholine rings is 1. The van der Waals surface area contributed by atoms with Gasteiger partial charge in [0.2, 0.25) is 11.8 Å². The average Bonchev–Trinajstić information content (AvgIpc) is 3.05. The minimum absolute atomic E-state index is 0.00149. The van der Waals surface area contributed by atoms with Gasteiger partial charge in [0.25, 0.3) is 0 Å². The van der Waals surface area contributed by atoms with Crippen molar-refractivity contribution in [2.24, 2.45) is 5.92 Å². The van der Waals surface area contributed by atoms with Crippen LogP contribution in [0.5, 0.6) is 0 Å². The molecule has 2 aromatic rings. The van der Waals surface area contributed by atoms with Crippen LogP contribution in [-0.4, -0.2) is 50.1 Å². The summed E-state index contributed by atoms with van der Waals surface area (Å²) in [5.74, 6) is -0.528. The zero-order valence-corrected chi connectivity index (χ0v) is 16.9. The molecule has 2 atom stereocenters. The Morgan fingerprint density at radius 2 is 1.69 bits per heavy atom. The number of aryl methyl sites for hydroxylation is 1. The molecule has 152 valence electrons. The second-order valence-corrected chi connectivity index (χ2v) is 7.81. The Balaban J connectivity index is 1.47. The third-order valence-electron chi connectivity index (χ3n) is 5.85. The van der Waals surface area contributed by atoms with E-state index in [4.69, 9.17) is 4.74 Å². The predicted octanol–water partition coefficient (Wildman–Crippen LogP) is 2.99. The smallest absolute Gasteiger partial charge is 0.230 e. The molecule has 2 amide bonds. The zero-order chi connectivity index (χ0) is 20.4. The molecule has 2 aromatic carbocycles. The van der Waals surface area contributed by atoms with Crippen LogP contribution in [0, 0.1) is 12.8 Å². The molecule has 0 saturated carbocycles. The molecule has 0 aromatic heterocycles. The fraction of sp³-hybridized carbons (Fsp3) is 0.391. The highest BCUT2D eigenvalue weighted by molar-refractivity contribution is 5.98. The minimum atomic E-state index is -0.408. The lowest BCUT2D eigenvalue weighted by Gasteiger charge is -2.29. The van der Waals surface area contributed by atoms with E-state index in [1.54, 1.807) is 11.9 Å². The molecule has 2 fully saturated rings. The average molecular weight is 393 g/mol. The van der Waals surface area contributed by atoms with E-state index in [1.165, 1.54) is 0 Å². The summed E-state index contributed by atoms with van der Waals surface area (Å²) in [5, 5.41) is 3.01. The zero-order valence-electron chi connectivity index (χ0n) is 16.9. The summed E-state index contributed by atoms with van der Waals surface area (Å²) in [4.78, 5) is 29.3. The minimum Gasteiger partial charge on any atom is -0.378 e. The predicted molar refractivity (Wildman–Crippen MR) is 113 cm³/mol. The molecular weight excluding hydrogens is 366 g/mol. The number of rotatable bonds is 4. The second kappa shape index (κ2) is 8.25. The van der Waals surface area contributed by atoms with E-state index in [-0.39, 0.29) is 24.3 Å². The SMILES string of the molecule is Cc1ccc([C@@H]2[C@@H](C(=O)Nc3ccc(N4CCOCC4)cc3)CC(=O)N2C)cc1. The largest absolute Gasteiger partial charge is 0.378 e. The topological polar surface area (TPSA) is 61.9 Å². The van der Waals surface area contributed by atoms with Gasteiger partial charge in [0, 0.05) is 37.9 Å². The number of nitrogens with zero attached hydrogens (tertiary/aromatic N) is 2. The normalized spacial score (nSPS) is 22.1. The number of carbonyl (C=O) groups is 2. The van der Waals surface area contributed by atoms with Crippen LogP contribution in [0.4, 0.5) is 11.4 Å². The van der Waals surface area contributed by atoms with Crippen LogP contribution in [0.2, 0.25) is 0 Å². The van der Waals surface area contributed by atoms with Crippen molar-refractivity contribution in [2.75, 3.05) is 43.6 Å². The fourth-order valence-electron chi connectivity index (χ4n) is 4.14. The number of benzene rings is 2. The van der Waals surface area contributed by atoms with Crippen LogP contribution in [0.25, 0.3) is 0 Å². The van der Waals surface area contributed by atoms with Gasteiger partial charge in [0.1, 0.15) is 0 Å². The Labute approximate surface area is 171 Å². The molecule has 2 heterocycles. The lowest BCUT2D eigenvalue weighted by molar-refractivity contribution is -0.127. The number of hydrogen-bond donors (Lipinski definition) is 1. The number of amides is 2.